The van der Waals surface area contributed by atoms with Crippen LogP contribution in [0, 0.1) is 0 Å². The van der Waals surface area contributed by atoms with Crippen LogP contribution in [-0.2, 0) is 6.54 Å². The minimum Gasteiger partial charge on any atom is -0.335 e. The van der Waals surface area contributed by atoms with E-state index in [9.17, 15) is 14.4 Å². The lowest BCUT2D eigenvalue weighted by atomic mass is 10.2. The van der Waals surface area contributed by atoms with Gasteiger partial charge in [0.1, 0.15) is 5.69 Å². The lowest BCUT2D eigenvalue weighted by molar-refractivity contribution is 0.0621. The lowest BCUT2D eigenvalue weighted by Crippen LogP contribution is -2.48. The molecule has 120 valence electrons. The molecular formula is C15H17N5O3. The molecule has 1 amide bonds. The van der Waals surface area contributed by atoms with Crippen molar-refractivity contribution in [1.29, 1.82) is 0 Å². The van der Waals surface area contributed by atoms with Crippen molar-refractivity contribution in [3.63, 3.8) is 0 Å². The molecule has 0 atom stereocenters. The minimum absolute atomic E-state index is 0.113. The number of rotatable bonds is 3. The molecule has 0 aliphatic carbocycles. The van der Waals surface area contributed by atoms with Crippen LogP contribution in [0.25, 0.3) is 0 Å². The number of H-pyrrole nitrogens is 2. The Morgan fingerprint density at radius 3 is 2.39 bits per heavy atom. The molecule has 1 fully saturated rings. The number of aromatic amines is 2. The molecule has 0 unspecified atom stereocenters. The van der Waals surface area contributed by atoms with Gasteiger partial charge in [0.15, 0.2) is 0 Å². The van der Waals surface area contributed by atoms with Crippen LogP contribution in [-0.4, -0.2) is 57.1 Å². The molecule has 8 nitrogen and oxygen atoms in total. The molecule has 1 aliphatic rings. The highest BCUT2D eigenvalue weighted by Crippen LogP contribution is 2.09. The second kappa shape index (κ2) is 6.57. The van der Waals surface area contributed by atoms with E-state index in [0.29, 0.717) is 13.1 Å². The Hall–Kier alpha value is -2.74. The Labute approximate surface area is 131 Å². The normalized spacial score (nSPS) is 15.6. The molecular weight excluding hydrogens is 298 g/mol. The van der Waals surface area contributed by atoms with Crippen LogP contribution in [0.1, 0.15) is 16.1 Å². The molecule has 1 aliphatic heterocycles. The summed E-state index contributed by atoms with van der Waals surface area (Å²) in [6.45, 7) is 3.42. The number of pyridine rings is 1. The first kappa shape index (κ1) is 15.2. The molecule has 3 rings (SSSR count). The van der Waals surface area contributed by atoms with Crippen LogP contribution in [0.15, 0.2) is 40.1 Å². The van der Waals surface area contributed by atoms with Crippen LogP contribution in [0.3, 0.4) is 0 Å². The average molecular weight is 315 g/mol. The van der Waals surface area contributed by atoms with Gasteiger partial charge in [-0.2, -0.15) is 5.10 Å². The Morgan fingerprint density at radius 2 is 1.78 bits per heavy atom. The number of carbonyl (C=O) groups is 1. The van der Waals surface area contributed by atoms with E-state index in [0.717, 1.165) is 25.2 Å². The third-order valence-corrected chi connectivity index (χ3v) is 3.81. The summed E-state index contributed by atoms with van der Waals surface area (Å²) in [6, 6.07) is 6.05. The van der Waals surface area contributed by atoms with Gasteiger partial charge in [-0.15, -0.1) is 0 Å². The van der Waals surface area contributed by atoms with Gasteiger partial charge in [0, 0.05) is 51.1 Å². The number of carbonyl (C=O) groups excluding carboxylic acids is 1. The Morgan fingerprint density at radius 1 is 1.04 bits per heavy atom. The fourth-order valence-electron chi connectivity index (χ4n) is 2.53. The van der Waals surface area contributed by atoms with Crippen molar-refractivity contribution in [3.8, 4) is 0 Å². The Bertz CT molecular complexity index is 764. The van der Waals surface area contributed by atoms with Crippen LogP contribution in [0.5, 0.6) is 0 Å². The third kappa shape index (κ3) is 3.72. The van der Waals surface area contributed by atoms with E-state index in [1.807, 2.05) is 0 Å². The van der Waals surface area contributed by atoms with Gasteiger partial charge in [-0.1, -0.05) is 6.07 Å². The van der Waals surface area contributed by atoms with Crippen LogP contribution in [0.2, 0.25) is 0 Å². The van der Waals surface area contributed by atoms with E-state index in [1.165, 1.54) is 18.2 Å². The first-order valence-corrected chi connectivity index (χ1v) is 7.37. The highest BCUT2D eigenvalue weighted by molar-refractivity contribution is 5.92. The fourth-order valence-corrected chi connectivity index (χ4v) is 2.53. The van der Waals surface area contributed by atoms with E-state index in [2.05, 4.69) is 20.1 Å². The summed E-state index contributed by atoms with van der Waals surface area (Å²) < 4.78 is 0. The number of nitrogens with one attached hydrogen (secondary N) is 2. The highest BCUT2D eigenvalue weighted by Gasteiger charge is 2.23. The molecule has 2 N–H and O–H groups in total. The predicted molar refractivity (Wildman–Crippen MR) is 83.1 cm³/mol. The number of hydrogen-bond donors (Lipinski definition) is 2. The second-order valence-corrected chi connectivity index (χ2v) is 5.44. The molecule has 0 aromatic carbocycles. The maximum atomic E-state index is 12.3. The van der Waals surface area contributed by atoms with Crippen molar-refractivity contribution >= 4 is 5.91 Å². The molecule has 2 aromatic rings. The number of amides is 1. The van der Waals surface area contributed by atoms with E-state index < -0.39 is 0 Å². The van der Waals surface area contributed by atoms with Gasteiger partial charge in [0.25, 0.3) is 11.5 Å². The van der Waals surface area contributed by atoms with Gasteiger partial charge in [-0.3, -0.25) is 19.3 Å². The lowest BCUT2D eigenvalue weighted by Gasteiger charge is -2.34. The van der Waals surface area contributed by atoms with Crippen molar-refractivity contribution in [2.75, 3.05) is 26.2 Å². The summed E-state index contributed by atoms with van der Waals surface area (Å²) in [6.07, 6.45) is 1.71. The first-order chi connectivity index (χ1) is 11.1. The molecule has 23 heavy (non-hydrogen) atoms. The topological polar surface area (TPSA) is 102 Å². The summed E-state index contributed by atoms with van der Waals surface area (Å²) in [5.74, 6) is -0.176. The van der Waals surface area contributed by atoms with Crippen molar-refractivity contribution in [3.05, 3.63) is 62.4 Å². The second-order valence-electron chi connectivity index (χ2n) is 5.44. The van der Waals surface area contributed by atoms with Crippen molar-refractivity contribution < 1.29 is 4.79 Å². The summed E-state index contributed by atoms with van der Waals surface area (Å²) in [4.78, 5) is 40.9. The van der Waals surface area contributed by atoms with Gasteiger partial charge in [-0.05, 0) is 11.6 Å². The molecule has 0 bridgehead atoms. The number of piperazine rings is 1. The highest BCUT2D eigenvalue weighted by atomic mass is 16.2. The first-order valence-electron chi connectivity index (χ1n) is 7.37. The van der Waals surface area contributed by atoms with E-state index in [4.69, 9.17) is 0 Å². The molecule has 2 aromatic heterocycles. The zero-order valence-electron chi connectivity index (χ0n) is 12.5. The number of aromatic nitrogens is 3. The van der Waals surface area contributed by atoms with E-state index in [1.54, 1.807) is 17.2 Å². The molecule has 3 heterocycles. The summed E-state index contributed by atoms with van der Waals surface area (Å²) in [5.41, 5.74) is 0.843. The zero-order valence-corrected chi connectivity index (χ0v) is 12.5. The summed E-state index contributed by atoms with van der Waals surface area (Å²) in [5, 5.41) is 6.05. The molecule has 0 radical (unpaired) electrons. The standard InChI is InChI=1S/C15H17N5O3/c21-13-3-1-11(9-16-13)10-19-5-7-20(8-6-19)15(23)12-2-4-14(22)18-17-12/h1-4,9H,5-8,10H2,(H,16,21)(H,18,22). The smallest absolute Gasteiger partial charge is 0.274 e. The fraction of sp³-hybridized carbons (Fsp3) is 0.333. The minimum atomic E-state index is -0.327. The van der Waals surface area contributed by atoms with E-state index in [-0.39, 0.29) is 22.7 Å². The van der Waals surface area contributed by atoms with Crippen LogP contribution < -0.4 is 11.1 Å². The number of hydrogen-bond acceptors (Lipinski definition) is 5. The molecule has 0 spiro atoms. The van der Waals surface area contributed by atoms with Gasteiger partial charge < -0.3 is 9.88 Å². The quantitative estimate of drug-likeness (QED) is 0.789. The summed E-state index contributed by atoms with van der Waals surface area (Å²) >= 11 is 0. The van der Waals surface area contributed by atoms with Crippen molar-refractivity contribution in [1.82, 2.24) is 25.0 Å². The zero-order chi connectivity index (χ0) is 16.2. The molecule has 0 saturated carbocycles. The van der Waals surface area contributed by atoms with Crippen molar-refractivity contribution in [2.45, 2.75) is 6.54 Å². The van der Waals surface area contributed by atoms with Crippen LogP contribution >= 0.6 is 0 Å². The van der Waals surface area contributed by atoms with Crippen molar-refractivity contribution in [2.24, 2.45) is 0 Å². The SMILES string of the molecule is O=C(c1ccc(=O)[nH]n1)N1CCN(Cc2ccc(=O)[nH]c2)CC1. The Kier molecular flexibility index (Phi) is 4.33. The predicted octanol–water partition coefficient (Wildman–Crippen LogP) is -0.584. The maximum Gasteiger partial charge on any atom is 0.274 e. The largest absolute Gasteiger partial charge is 0.335 e. The van der Waals surface area contributed by atoms with Gasteiger partial charge >= 0.3 is 0 Å². The van der Waals surface area contributed by atoms with Gasteiger partial charge in [0.2, 0.25) is 5.56 Å². The molecule has 1 saturated heterocycles. The maximum absolute atomic E-state index is 12.3. The van der Waals surface area contributed by atoms with Gasteiger partial charge in [0.05, 0.1) is 0 Å². The number of nitrogens with zero attached hydrogens (tertiary/aromatic N) is 3. The summed E-state index contributed by atoms with van der Waals surface area (Å²) in [7, 11) is 0. The average Bonchev–Trinajstić information content (AvgIpc) is 2.58. The Balaban J connectivity index is 1.56. The monoisotopic (exact) mass is 315 g/mol. The van der Waals surface area contributed by atoms with E-state index >= 15 is 0 Å². The molecule has 8 heteroatoms. The van der Waals surface area contributed by atoms with Crippen LogP contribution in [0.4, 0.5) is 0 Å². The van der Waals surface area contributed by atoms with Gasteiger partial charge in [-0.25, -0.2) is 5.10 Å². The third-order valence-electron chi connectivity index (χ3n) is 3.81.